The number of terminal acetylenes is 1. The van der Waals surface area contributed by atoms with Crippen molar-refractivity contribution in [2.75, 3.05) is 6.54 Å². The Balaban J connectivity index is 2.33. The van der Waals surface area contributed by atoms with Gasteiger partial charge < -0.3 is 15.7 Å². The van der Waals surface area contributed by atoms with Gasteiger partial charge in [0.15, 0.2) is 0 Å². The van der Waals surface area contributed by atoms with Crippen LogP contribution in [0.4, 0.5) is 4.79 Å². The van der Waals surface area contributed by atoms with Crippen molar-refractivity contribution in [3.63, 3.8) is 0 Å². The van der Waals surface area contributed by atoms with Crippen molar-refractivity contribution in [1.29, 1.82) is 0 Å². The lowest BCUT2D eigenvalue weighted by atomic mass is 9.98. The third-order valence-corrected chi connectivity index (χ3v) is 3.16. The molecule has 1 aromatic carbocycles. The van der Waals surface area contributed by atoms with E-state index >= 15 is 0 Å². The number of carboxylic acids is 1. The molecular weight excluding hydrogens is 268 g/mol. The molecule has 0 aliphatic heterocycles. The van der Waals surface area contributed by atoms with Crippen molar-refractivity contribution in [1.82, 2.24) is 10.6 Å². The molecule has 0 radical (unpaired) electrons. The number of carbonyl (C=O) groups excluding carboxylic acids is 1. The molecule has 1 rings (SSSR count). The van der Waals surface area contributed by atoms with E-state index in [-0.39, 0.29) is 6.42 Å². The molecule has 0 spiro atoms. The SMILES string of the molecule is C#CCC(NC(=O)NCCC(C)c1ccccc1)C(=O)O. The van der Waals surface area contributed by atoms with Gasteiger partial charge in [-0.25, -0.2) is 9.59 Å². The first-order valence-electron chi connectivity index (χ1n) is 6.80. The fraction of sp³-hybridized carbons (Fsp3) is 0.375. The minimum atomic E-state index is -1.14. The second-order valence-electron chi connectivity index (χ2n) is 4.80. The second kappa shape index (κ2) is 8.64. The van der Waals surface area contributed by atoms with Gasteiger partial charge in [0.25, 0.3) is 0 Å². The number of carbonyl (C=O) groups is 2. The number of urea groups is 1. The van der Waals surface area contributed by atoms with Gasteiger partial charge in [-0.3, -0.25) is 0 Å². The van der Waals surface area contributed by atoms with Gasteiger partial charge in [0, 0.05) is 13.0 Å². The Hall–Kier alpha value is -2.48. The molecule has 0 aromatic heterocycles. The number of amides is 2. The number of rotatable bonds is 7. The summed E-state index contributed by atoms with van der Waals surface area (Å²) >= 11 is 0. The van der Waals surface area contributed by atoms with Crippen molar-refractivity contribution in [2.45, 2.75) is 31.7 Å². The number of carboxylic acid groups (broad SMARTS) is 1. The Morgan fingerprint density at radius 2 is 2.00 bits per heavy atom. The Bertz CT molecular complexity index is 508. The van der Waals surface area contributed by atoms with Gasteiger partial charge in [0.05, 0.1) is 0 Å². The van der Waals surface area contributed by atoms with Crippen molar-refractivity contribution in [3.05, 3.63) is 35.9 Å². The van der Waals surface area contributed by atoms with E-state index < -0.39 is 18.0 Å². The Morgan fingerprint density at radius 1 is 1.33 bits per heavy atom. The molecule has 5 nitrogen and oxygen atoms in total. The van der Waals surface area contributed by atoms with Crippen LogP contribution in [0.15, 0.2) is 30.3 Å². The summed E-state index contributed by atoms with van der Waals surface area (Å²) < 4.78 is 0. The van der Waals surface area contributed by atoms with Crippen molar-refractivity contribution < 1.29 is 14.7 Å². The zero-order valence-electron chi connectivity index (χ0n) is 12.0. The minimum Gasteiger partial charge on any atom is -0.480 e. The van der Waals surface area contributed by atoms with Crippen LogP contribution < -0.4 is 10.6 Å². The molecule has 0 saturated heterocycles. The molecule has 0 aliphatic rings. The number of aliphatic carboxylic acids is 1. The van der Waals surface area contributed by atoms with Gasteiger partial charge in [-0.2, -0.15) is 0 Å². The zero-order chi connectivity index (χ0) is 15.7. The lowest BCUT2D eigenvalue weighted by Crippen LogP contribution is -2.46. The van der Waals surface area contributed by atoms with E-state index in [1.807, 2.05) is 30.3 Å². The third-order valence-electron chi connectivity index (χ3n) is 3.16. The average Bonchev–Trinajstić information content (AvgIpc) is 2.47. The summed E-state index contributed by atoms with van der Waals surface area (Å²) in [6.45, 7) is 2.54. The predicted octanol–water partition coefficient (Wildman–Crippen LogP) is 1.96. The van der Waals surface area contributed by atoms with Gasteiger partial charge in [-0.05, 0) is 17.9 Å². The highest BCUT2D eigenvalue weighted by Gasteiger charge is 2.18. The highest BCUT2D eigenvalue weighted by Crippen LogP contribution is 2.17. The Kier molecular flexibility index (Phi) is 6.82. The molecule has 0 fully saturated rings. The lowest BCUT2D eigenvalue weighted by Gasteiger charge is -2.15. The van der Waals surface area contributed by atoms with E-state index in [4.69, 9.17) is 11.5 Å². The summed E-state index contributed by atoms with van der Waals surface area (Å²) in [5.41, 5.74) is 1.20. The Labute approximate surface area is 124 Å². The maximum atomic E-state index is 11.6. The number of benzene rings is 1. The van der Waals surface area contributed by atoms with E-state index in [1.54, 1.807) is 0 Å². The first kappa shape index (κ1) is 16.6. The largest absolute Gasteiger partial charge is 0.480 e. The molecule has 21 heavy (non-hydrogen) atoms. The van der Waals surface area contributed by atoms with Crippen molar-refractivity contribution in [2.24, 2.45) is 0 Å². The molecule has 1 aromatic rings. The van der Waals surface area contributed by atoms with Crippen LogP contribution in [0, 0.1) is 12.3 Å². The monoisotopic (exact) mass is 288 g/mol. The maximum absolute atomic E-state index is 11.6. The van der Waals surface area contributed by atoms with Gasteiger partial charge in [-0.1, -0.05) is 37.3 Å². The zero-order valence-corrected chi connectivity index (χ0v) is 12.0. The molecule has 0 saturated carbocycles. The molecule has 112 valence electrons. The fourth-order valence-corrected chi connectivity index (χ4v) is 1.88. The highest BCUT2D eigenvalue weighted by atomic mass is 16.4. The predicted molar refractivity (Wildman–Crippen MR) is 80.9 cm³/mol. The molecule has 2 amide bonds. The van der Waals surface area contributed by atoms with E-state index in [9.17, 15) is 9.59 Å². The van der Waals surface area contributed by atoms with Gasteiger partial charge in [0.1, 0.15) is 6.04 Å². The van der Waals surface area contributed by atoms with Gasteiger partial charge in [0.2, 0.25) is 0 Å². The van der Waals surface area contributed by atoms with Gasteiger partial charge >= 0.3 is 12.0 Å². The fourth-order valence-electron chi connectivity index (χ4n) is 1.88. The maximum Gasteiger partial charge on any atom is 0.327 e. The summed E-state index contributed by atoms with van der Waals surface area (Å²) in [6.07, 6.45) is 5.79. The van der Waals surface area contributed by atoms with E-state index in [0.29, 0.717) is 12.5 Å². The van der Waals surface area contributed by atoms with Crippen molar-refractivity contribution in [3.8, 4) is 12.3 Å². The average molecular weight is 288 g/mol. The van der Waals surface area contributed by atoms with Crippen LogP contribution in [0.2, 0.25) is 0 Å². The summed E-state index contributed by atoms with van der Waals surface area (Å²) in [4.78, 5) is 22.5. The molecule has 0 heterocycles. The van der Waals surface area contributed by atoms with Crippen LogP contribution in [0.25, 0.3) is 0 Å². The summed E-state index contributed by atoms with van der Waals surface area (Å²) in [6, 6.07) is 8.42. The molecular formula is C16H20N2O3. The smallest absolute Gasteiger partial charge is 0.327 e. The van der Waals surface area contributed by atoms with Crippen LogP contribution in [-0.4, -0.2) is 29.7 Å². The van der Waals surface area contributed by atoms with Crippen LogP contribution in [0.5, 0.6) is 0 Å². The lowest BCUT2D eigenvalue weighted by molar-refractivity contribution is -0.139. The minimum absolute atomic E-state index is 0.0385. The van der Waals surface area contributed by atoms with Crippen molar-refractivity contribution >= 4 is 12.0 Å². The molecule has 2 unspecified atom stereocenters. The number of hydrogen-bond acceptors (Lipinski definition) is 2. The first-order valence-corrected chi connectivity index (χ1v) is 6.80. The second-order valence-corrected chi connectivity index (χ2v) is 4.80. The molecule has 0 aliphatic carbocycles. The van der Waals surface area contributed by atoms with Crippen LogP contribution in [0.3, 0.4) is 0 Å². The summed E-state index contributed by atoms with van der Waals surface area (Å²) in [5, 5.41) is 13.9. The van der Waals surface area contributed by atoms with E-state index in [1.165, 1.54) is 5.56 Å². The quantitative estimate of drug-likeness (QED) is 0.671. The Morgan fingerprint density at radius 3 is 2.57 bits per heavy atom. The summed E-state index contributed by atoms with van der Waals surface area (Å²) in [5.74, 6) is 1.40. The number of nitrogens with one attached hydrogen (secondary N) is 2. The molecule has 3 N–H and O–H groups in total. The first-order chi connectivity index (χ1) is 10.0. The standard InChI is InChI=1S/C16H20N2O3/c1-3-7-14(15(19)20)18-16(21)17-11-10-12(2)13-8-5-4-6-9-13/h1,4-6,8-9,12,14H,7,10-11H2,2H3,(H,19,20)(H2,17,18,21). The van der Waals surface area contributed by atoms with Crippen LogP contribution in [0.1, 0.15) is 31.2 Å². The molecule has 2 atom stereocenters. The molecule has 5 heteroatoms. The van der Waals surface area contributed by atoms with Gasteiger partial charge in [-0.15, -0.1) is 12.3 Å². The number of hydrogen-bond donors (Lipinski definition) is 3. The van der Waals surface area contributed by atoms with Crippen LogP contribution in [-0.2, 0) is 4.79 Å². The van der Waals surface area contributed by atoms with E-state index in [2.05, 4.69) is 23.5 Å². The van der Waals surface area contributed by atoms with E-state index in [0.717, 1.165) is 6.42 Å². The third kappa shape index (κ3) is 6.00. The summed E-state index contributed by atoms with van der Waals surface area (Å²) in [7, 11) is 0. The van der Waals surface area contributed by atoms with Crippen LogP contribution >= 0.6 is 0 Å². The normalized spacial score (nSPS) is 12.8. The molecule has 0 bridgehead atoms. The topological polar surface area (TPSA) is 78.4 Å². The highest BCUT2D eigenvalue weighted by molar-refractivity contribution is 5.82.